The minimum absolute atomic E-state index is 0.367. The van der Waals surface area contributed by atoms with Crippen molar-refractivity contribution in [3.63, 3.8) is 0 Å². The number of rotatable bonds is 8. The molecule has 1 atom stereocenters. The highest BCUT2D eigenvalue weighted by molar-refractivity contribution is 5.32. The lowest BCUT2D eigenvalue weighted by Gasteiger charge is -2.14. The van der Waals surface area contributed by atoms with Gasteiger partial charge in [0.25, 0.3) is 0 Å². The van der Waals surface area contributed by atoms with Crippen LogP contribution in [0.5, 0.6) is 11.5 Å². The van der Waals surface area contributed by atoms with E-state index in [4.69, 9.17) is 4.74 Å². The van der Waals surface area contributed by atoms with E-state index in [2.05, 4.69) is 43.3 Å². The highest BCUT2D eigenvalue weighted by Gasteiger charge is 2.05. The van der Waals surface area contributed by atoms with Crippen LogP contribution in [0.4, 0.5) is 0 Å². The van der Waals surface area contributed by atoms with Crippen LogP contribution in [0.15, 0.2) is 36.7 Å². The van der Waals surface area contributed by atoms with Gasteiger partial charge in [-0.2, -0.15) is 5.10 Å². The van der Waals surface area contributed by atoms with Gasteiger partial charge >= 0.3 is 0 Å². The Kier molecular flexibility index (Phi) is 5.81. The maximum absolute atomic E-state index is 5.82. The standard InChI is InChI=1S/C17H25N3O/c1-4-10-18-14(3)15-6-8-16(9-7-15)21-17-12-19-20(13-17)11-5-2/h6-9,12-14,18H,4-5,10-11H2,1-3H3. The number of aryl methyl sites for hydroxylation is 1. The van der Waals surface area contributed by atoms with Crippen molar-refractivity contribution in [3.8, 4) is 11.5 Å². The fraction of sp³-hybridized carbons (Fsp3) is 0.471. The van der Waals surface area contributed by atoms with Crippen molar-refractivity contribution < 1.29 is 4.74 Å². The molecule has 0 fully saturated rings. The third-order valence-electron chi connectivity index (χ3n) is 3.38. The van der Waals surface area contributed by atoms with E-state index < -0.39 is 0 Å². The molecule has 0 aliphatic carbocycles. The lowest BCUT2D eigenvalue weighted by molar-refractivity contribution is 0.479. The number of nitrogens with one attached hydrogen (secondary N) is 1. The van der Waals surface area contributed by atoms with E-state index in [9.17, 15) is 0 Å². The molecule has 1 heterocycles. The quantitative estimate of drug-likeness (QED) is 0.793. The Balaban J connectivity index is 1.95. The fourth-order valence-electron chi connectivity index (χ4n) is 2.19. The molecule has 4 heteroatoms. The molecule has 4 nitrogen and oxygen atoms in total. The Morgan fingerprint density at radius 3 is 2.57 bits per heavy atom. The molecule has 21 heavy (non-hydrogen) atoms. The van der Waals surface area contributed by atoms with E-state index in [-0.39, 0.29) is 0 Å². The average Bonchev–Trinajstić information content (AvgIpc) is 2.93. The molecule has 0 aliphatic heterocycles. The van der Waals surface area contributed by atoms with Gasteiger partial charge in [0.15, 0.2) is 5.75 Å². The molecule has 2 rings (SSSR count). The zero-order chi connectivity index (χ0) is 15.1. The number of hydrogen-bond donors (Lipinski definition) is 1. The maximum Gasteiger partial charge on any atom is 0.165 e. The Hall–Kier alpha value is -1.81. The van der Waals surface area contributed by atoms with E-state index in [0.29, 0.717) is 6.04 Å². The van der Waals surface area contributed by atoms with Crippen LogP contribution < -0.4 is 10.1 Å². The molecule has 0 saturated carbocycles. The summed E-state index contributed by atoms with van der Waals surface area (Å²) in [6.45, 7) is 8.45. The Morgan fingerprint density at radius 2 is 1.90 bits per heavy atom. The summed E-state index contributed by atoms with van der Waals surface area (Å²) >= 11 is 0. The summed E-state index contributed by atoms with van der Waals surface area (Å²) < 4.78 is 7.72. The van der Waals surface area contributed by atoms with Gasteiger partial charge in [0.1, 0.15) is 5.75 Å². The smallest absolute Gasteiger partial charge is 0.165 e. The van der Waals surface area contributed by atoms with Crippen LogP contribution >= 0.6 is 0 Å². The largest absolute Gasteiger partial charge is 0.454 e. The van der Waals surface area contributed by atoms with Crippen molar-refractivity contribution in [2.24, 2.45) is 0 Å². The second kappa shape index (κ2) is 7.84. The lowest BCUT2D eigenvalue weighted by Crippen LogP contribution is -2.19. The molecular weight excluding hydrogens is 262 g/mol. The molecule has 1 unspecified atom stereocenters. The minimum Gasteiger partial charge on any atom is -0.454 e. The van der Waals surface area contributed by atoms with E-state index in [1.807, 2.05) is 23.0 Å². The van der Waals surface area contributed by atoms with Gasteiger partial charge in [0.05, 0.1) is 12.4 Å². The van der Waals surface area contributed by atoms with E-state index in [0.717, 1.165) is 37.4 Å². The number of benzene rings is 1. The van der Waals surface area contributed by atoms with Crippen molar-refractivity contribution >= 4 is 0 Å². The van der Waals surface area contributed by atoms with E-state index in [1.165, 1.54) is 5.56 Å². The summed E-state index contributed by atoms with van der Waals surface area (Å²) in [6.07, 6.45) is 5.91. The minimum atomic E-state index is 0.367. The second-order valence-electron chi connectivity index (χ2n) is 5.29. The van der Waals surface area contributed by atoms with E-state index in [1.54, 1.807) is 6.20 Å². The second-order valence-corrected chi connectivity index (χ2v) is 5.29. The maximum atomic E-state index is 5.82. The monoisotopic (exact) mass is 287 g/mol. The first-order valence-corrected chi connectivity index (χ1v) is 7.76. The zero-order valence-corrected chi connectivity index (χ0v) is 13.2. The van der Waals surface area contributed by atoms with Gasteiger partial charge < -0.3 is 10.1 Å². The van der Waals surface area contributed by atoms with Crippen LogP contribution in [0.2, 0.25) is 0 Å². The Labute approximate surface area is 127 Å². The number of aromatic nitrogens is 2. The van der Waals surface area contributed by atoms with E-state index >= 15 is 0 Å². The predicted octanol–water partition coefficient (Wildman–Crippen LogP) is 4.15. The fourth-order valence-corrected chi connectivity index (χ4v) is 2.19. The van der Waals surface area contributed by atoms with Crippen LogP contribution in [0, 0.1) is 0 Å². The van der Waals surface area contributed by atoms with Gasteiger partial charge in [-0.1, -0.05) is 26.0 Å². The van der Waals surface area contributed by atoms with Crippen LogP contribution in [-0.2, 0) is 6.54 Å². The molecule has 1 aromatic carbocycles. The molecule has 1 aromatic heterocycles. The summed E-state index contributed by atoms with van der Waals surface area (Å²) in [4.78, 5) is 0. The van der Waals surface area contributed by atoms with Crippen LogP contribution in [0.25, 0.3) is 0 Å². The SMILES string of the molecule is CCCNC(C)c1ccc(Oc2cnn(CCC)c2)cc1. The average molecular weight is 287 g/mol. The first-order valence-electron chi connectivity index (χ1n) is 7.76. The summed E-state index contributed by atoms with van der Waals surface area (Å²) in [6, 6.07) is 8.61. The van der Waals surface area contributed by atoms with Gasteiger partial charge in [-0.05, 0) is 44.0 Å². The number of nitrogens with zero attached hydrogens (tertiary/aromatic N) is 2. The molecule has 0 spiro atoms. The number of hydrogen-bond acceptors (Lipinski definition) is 3. The summed E-state index contributed by atoms with van der Waals surface area (Å²) in [7, 11) is 0. The highest BCUT2D eigenvalue weighted by atomic mass is 16.5. The third kappa shape index (κ3) is 4.60. The highest BCUT2D eigenvalue weighted by Crippen LogP contribution is 2.23. The van der Waals surface area contributed by atoms with Crippen LogP contribution in [-0.4, -0.2) is 16.3 Å². The zero-order valence-electron chi connectivity index (χ0n) is 13.2. The Morgan fingerprint density at radius 1 is 1.14 bits per heavy atom. The first kappa shape index (κ1) is 15.6. The topological polar surface area (TPSA) is 39.1 Å². The van der Waals surface area contributed by atoms with Gasteiger partial charge in [-0.15, -0.1) is 0 Å². The van der Waals surface area contributed by atoms with Crippen molar-refractivity contribution in [3.05, 3.63) is 42.2 Å². The van der Waals surface area contributed by atoms with Crippen LogP contribution in [0.1, 0.15) is 45.2 Å². The van der Waals surface area contributed by atoms with Gasteiger partial charge in [0, 0.05) is 12.6 Å². The van der Waals surface area contributed by atoms with Gasteiger partial charge in [-0.25, -0.2) is 0 Å². The van der Waals surface area contributed by atoms with Crippen LogP contribution in [0.3, 0.4) is 0 Å². The Bertz CT molecular complexity index is 533. The first-order chi connectivity index (χ1) is 10.2. The summed E-state index contributed by atoms with van der Waals surface area (Å²) in [5.74, 6) is 1.63. The molecule has 2 aromatic rings. The normalized spacial score (nSPS) is 12.3. The molecule has 0 aliphatic rings. The van der Waals surface area contributed by atoms with Crippen molar-refractivity contribution in [1.29, 1.82) is 0 Å². The molecule has 0 saturated heterocycles. The predicted molar refractivity (Wildman–Crippen MR) is 85.7 cm³/mol. The summed E-state index contributed by atoms with van der Waals surface area (Å²) in [5, 5.41) is 7.74. The lowest BCUT2D eigenvalue weighted by atomic mass is 10.1. The molecule has 0 bridgehead atoms. The summed E-state index contributed by atoms with van der Waals surface area (Å²) in [5.41, 5.74) is 1.28. The third-order valence-corrected chi connectivity index (χ3v) is 3.38. The van der Waals surface area contributed by atoms with Crippen molar-refractivity contribution in [2.75, 3.05) is 6.54 Å². The van der Waals surface area contributed by atoms with Gasteiger partial charge in [0.2, 0.25) is 0 Å². The van der Waals surface area contributed by atoms with Crippen molar-refractivity contribution in [1.82, 2.24) is 15.1 Å². The van der Waals surface area contributed by atoms with Gasteiger partial charge in [-0.3, -0.25) is 4.68 Å². The molecule has 0 amide bonds. The molecular formula is C17H25N3O. The molecule has 114 valence electrons. The molecule has 1 N–H and O–H groups in total. The number of ether oxygens (including phenoxy) is 1. The molecule has 0 radical (unpaired) electrons. The van der Waals surface area contributed by atoms with Crippen molar-refractivity contribution in [2.45, 2.75) is 46.2 Å².